The first kappa shape index (κ1) is 17.6. The van der Waals surface area contributed by atoms with Gasteiger partial charge in [0.25, 0.3) is 5.91 Å². The number of nitrogens with one attached hydrogen (secondary N) is 1. The van der Waals surface area contributed by atoms with Gasteiger partial charge in [0.15, 0.2) is 0 Å². The number of benzene rings is 1. The molecule has 0 unspecified atom stereocenters. The van der Waals surface area contributed by atoms with Gasteiger partial charge in [-0.3, -0.25) is 9.59 Å². The molecule has 0 fully saturated rings. The fourth-order valence-electron chi connectivity index (χ4n) is 2.27. The van der Waals surface area contributed by atoms with Gasteiger partial charge in [-0.05, 0) is 24.6 Å². The number of aromatic amines is 1. The van der Waals surface area contributed by atoms with Crippen molar-refractivity contribution in [3.63, 3.8) is 0 Å². The van der Waals surface area contributed by atoms with Crippen molar-refractivity contribution in [3.05, 3.63) is 30.0 Å². The lowest BCUT2D eigenvalue weighted by Crippen LogP contribution is -2.36. The topological polar surface area (TPSA) is 82.6 Å². The Hall–Kier alpha value is -2.71. The van der Waals surface area contributed by atoms with Crippen LogP contribution < -0.4 is 4.74 Å². The van der Waals surface area contributed by atoms with E-state index in [1.54, 1.807) is 6.92 Å². The molecule has 0 spiro atoms. The summed E-state index contributed by atoms with van der Waals surface area (Å²) in [6.45, 7) is 1.60. The highest BCUT2D eigenvalue weighted by Gasteiger charge is 2.31. The summed E-state index contributed by atoms with van der Waals surface area (Å²) < 4.78 is 40.5. The Labute approximate surface area is 134 Å². The van der Waals surface area contributed by atoms with Crippen LogP contribution in [0.25, 0.3) is 10.9 Å². The van der Waals surface area contributed by atoms with Gasteiger partial charge in [0.05, 0.1) is 0 Å². The van der Waals surface area contributed by atoms with Gasteiger partial charge in [0.1, 0.15) is 18.0 Å². The molecule has 130 valence electrons. The number of aliphatic carboxylic acids is 1. The van der Waals surface area contributed by atoms with E-state index in [4.69, 9.17) is 5.11 Å². The van der Waals surface area contributed by atoms with Crippen molar-refractivity contribution in [3.8, 4) is 5.75 Å². The second-order valence-corrected chi connectivity index (χ2v) is 5.10. The second kappa shape index (κ2) is 6.81. The molecule has 1 aromatic carbocycles. The molecule has 2 rings (SSSR count). The van der Waals surface area contributed by atoms with Crippen LogP contribution in [0.15, 0.2) is 24.3 Å². The SMILES string of the molecule is CCCN(CC(=O)O)C(=O)c1cc2ccc(OC(F)(F)F)cc2[nH]1. The standard InChI is InChI=1S/C15H15F3N2O4/c1-2-5-20(8-13(21)22)14(23)12-6-9-3-4-10(7-11(9)19-12)24-15(16,17)18/h3-4,6-7,19H,2,5,8H2,1H3,(H,21,22). The minimum absolute atomic E-state index is 0.101. The van der Waals surface area contributed by atoms with E-state index < -0.39 is 30.5 Å². The van der Waals surface area contributed by atoms with Crippen molar-refractivity contribution in [2.45, 2.75) is 19.7 Å². The summed E-state index contributed by atoms with van der Waals surface area (Å²) in [7, 11) is 0. The predicted octanol–water partition coefficient (Wildman–Crippen LogP) is 3.00. The highest BCUT2D eigenvalue weighted by Crippen LogP contribution is 2.27. The van der Waals surface area contributed by atoms with Gasteiger partial charge in [-0.1, -0.05) is 6.92 Å². The molecule has 0 saturated heterocycles. The number of hydrogen-bond acceptors (Lipinski definition) is 3. The fraction of sp³-hybridized carbons (Fsp3) is 0.333. The number of hydrogen-bond donors (Lipinski definition) is 2. The van der Waals surface area contributed by atoms with Crippen LogP contribution >= 0.6 is 0 Å². The number of nitrogens with zero attached hydrogens (tertiary/aromatic N) is 1. The van der Waals surface area contributed by atoms with Crippen molar-refractivity contribution in [1.82, 2.24) is 9.88 Å². The highest BCUT2D eigenvalue weighted by atomic mass is 19.4. The molecular formula is C15H15F3N2O4. The number of carbonyl (C=O) groups is 2. The van der Waals surface area contributed by atoms with Crippen molar-refractivity contribution in [2.75, 3.05) is 13.1 Å². The number of carbonyl (C=O) groups excluding carboxylic acids is 1. The van der Waals surface area contributed by atoms with Crippen molar-refractivity contribution >= 4 is 22.8 Å². The molecule has 0 aliphatic rings. The number of rotatable bonds is 6. The minimum atomic E-state index is -4.81. The van der Waals surface area contributed by atoms with E-state index in [-0.39, 0.29) is 17.8 Å². The Bertz CT molecular complexity index is 755. The summed E-state index contributed by atoms with van der Waals surface area (Å²) >= 11 is 0. The molecule has 0 atom stereocenters. The van der Waals surface area contributed by atoms with Gasteiger partial charge in [-0.2, -0.15) is 0 Å². The molecule has 1 amide bonds. The monoisotopic (exact) mass is 344 g/mol. The summed E-state index contributed by atoms with van der Waals surface area (Å²) in [6.07, 6.45) is -4.23. The summed E-state index contributed by atoms with van der Waals surface area (Å²) in [5.74, 6) is -2.09. The van der Waals surface area contributed by atoms with Gasteiger partial charge in [-0.15, -0.1) is 13.2 Å². The van der Waals surface area contributed by atoms with E-state index in [9.17, 15) is 22.8 Å². The van der Waals surface area contributed by atoms with E-state index in [1.807, 2.05) is 0 Å². The first-order chi connectivity index (χ1) is 11.2. The van der Waals surface area contributed by atoms with Crippen LogP contribution in [0.2, 0.25) is 0 Å². The van der Waals surface area contributed by atoms with Crippen LogP contribution in [0, 0.1) is 0 Å². The molecule has 9 heteroatoms. The number of amides is 1. The molecule has 24 heavy (non-hydrogen) atoms. The van der Waals surface area contributed by atoms with E-state index in [1.165, 1.54) is 12.1 Å². The zero-order valence-electron chi connectivity index (χ0n) is 12.7. The Morgan fingerprint density at radius 3 is 2.58 bits per heavy atom. The van der Waals surface area contributed by atoms with Crippen molar-refractivity contribution < 1.29 is 32.6 Å². The quantitative estimate of drug-likeness (QED) is 0.844. The summed E-state index contributed by atoms with van der Waals surface area (Å²) in [4.78, 5) is 27.1. The van der Waals surface area contributed by atoms with E-state index in [0.717, 1.165) is 17.0 Å². The number of H-pyrrole nitrogens is 1. The number of fused-ring (bicyclic) bond motifs is 1. The molecule has 1 heterocycles. The predicted molar refractivity (Wildman–Crippen MR) is 78.8 cm³/mol. The zero-order valence-corrected chi connectivity index (χ0v) is 12.7. The number of halogens is 3. The third kappa shape index (κ3) is 4.40. The molecule has 2 aromatic rings. The lowest BCUT2D eigenvalue weighted by Gasteiger charge is -2.18. The fourth-order valence-corrected chi connectivity index (χ4v) is 2.27. The maximum absolute atomic E-state index is 12.4. The van der Waals surface area contributed by atoms with E-state index in [0.29, 0.717) is 11.8 Å². The van der Waals surface area contributed by atoms with Crippen LogP contribution in [0.3, 0.4) is 0 Å². The van der Waals surface area contributed by atoms with Crippen LogP contribution in [-0.4, -0.2) is 46.3 Å². The van der Waals surface area contributed by atoms with Gasteiger partial charge in [0.2, 0.25) is 0 Å². The molecule has 6 nitrogen and oxygen atoms in total. The third-order valence-corrected chi connectivity index (χ3v) is 3.16. The zero-order chi connectivity index (χ0) is 17.9. The van der Waals surface area contributed by atoms with Gasteiger partial charge in [0, 0.05) is 23.5 Å². The van der Waals surface area contributed by atoms with Crippen LogP contribution in [0.1, 0.15) is 23.8 Å². The Morgan fingerprint density at radius 2 is 2.00 bits per heavy atom. The summed E-state index contributed by atoms with van der Waals surface area (Å²) in [5, 5.41) is 9.38. The first-order valence-corrected chi connectivity index (χ1v) is 7.09. The average molecular weight is 344 g/mol. The number of ether oxygens (including phenoxy) is 1. The van der Waals surface area contributed by atoms with E-state index >= 15 is 0 Å². The largest absolute Gasteiger partial charge is 0.573 e. The molecule has 0 aliphatic carbocycles. The number of alkyl halides is 3. The normalized spacial score (nSPS) is 11.5. The lowest BCUT2D eigenvalue weighted by molar-refractivity contribution is -0.274. The molecule has 0 bridgehead atoms. The van der Waals surface area contributed by atoms with Gasteiger partial charge in [-0.25, -0.2) is 0 Å². The van der Waals surface area contributed by atoms with Crippen LogP contribution in [0.5, 0.6) is 5.75 Å². The maximum atomic E-state index is 12.4. The number of aromatic nitrogens is 1. The third-order valence-electron chi connectivity index (χ3n) is 3.16. The molecule has 0 radical (unpaired) electrons. The van der Waals surface area contributed by atoms with Crippen LogP contribution in [-0.2, 0) is 4.79 Å². The van der Waals surface area contributed by atoms with Crippen molar-refractivity contribution in [2.24, 2.45) is 0 Å². The smallest absolute Gasteiger partial charge is 0.480 e. The Balaban J connectivity index is 2.28. The number of carboxylic acids is 1. The van der Waals surface area contributed by atoms with Gasteiger partial charge < -0.3 is 19.7 Å². The Kier molecular flexibility index (Phi) is 5.01. The lowest BCUT2D eigenvalue weighted by atomic mass is 10.2. The first-order valence-electron chi connectivity index (χ1n) is 7.09. The summed E-state index contributed by atoms with van der Waals surface area (Å²) in [6, 6.07) is 5.10. The second-order valence-electron chi connectivity index (χ2n) is 5.10. The molecule has 1 aromatic heterocycles. The van der Waals surface area contributed by atoms with Crippen molar-refractivity contribution in [1.29, 1.82) is 0 Å². The molecule has 2 N–H and O–H groups in total. The number of carboxylic acid groups (broad SMARTS) is 1. The minimum Gasteiger partial charge on any atom is -0.480 e. The van der Waals surface area contributed by atoms with E-state index in [2.05, 4.69) is 9.72 Å². The highest BCUT2D eigenvalue weighted by molar-refractivity contribution is 5.99. The molecular weight excluding hydrogens is 329 g/mol. The average Bonchev–Trinajstić information content (AvgIpc) is 2.87. The maximum Gasteiger partial charge on any atom is 0.573 e. The van der Waals surface area contributed by atoms with Gasteiger partial charge >= 0.3 is 12.3 Å². The Morgan fingerprint density at radius 1 is 1.29 bits per heavy atom. The van der Waals surface area contributed by atoms with Crippen LogP contribution in [0.4, 0.5) is 13.2 Å². The summed E-state index contributed by atoms with van der Waals surface area (Å²) in [5.41, 5.74) is 0.385. The molecule has 0 aliphatic heterocycles. The molecule has 0 saturated carbocycles.